The van der Waals surface area contributed by atoms with Gasteiger partial charge in [0.25, 0.3) is 5.91 Å². The summed E-state index contributed by atoms with van der Waals surface area (Å²) in [4.78, 5) is 12.4. The molecule has 0 unspecified atom stereocenters. The lowest BCUT2D eigenvalue weighted by molar-refractivity contribution is 0.0927. The second-order valence-corrected chi connectivity index (χ2v) is 8.47. The molecule has 126 valence electrons. The summed E-state index contributed by atoms with van der Waals surface area (Å²) in [5, 5.41) is 3.08. The number of nitrogens with zero attached hydrogens (tertiary/aromatic N) is 1. The van der Waals surface area contributed by atoms with Crippen LogP contribution in [0, 0.1) is 0 Å². The van der Waals surface area contributed by atoms with Crippen molar-refractivity contribution in [1.29, 1.82) is 0 Å². The average Bonchev–Trinajstić information content (AvgIpc) is 2.55. The molecular formula is C17H24N2O3S. The first-order valence-electron chi connectivity index (χ1n) is 8.48. The van der Waals surface area contributed by atoms with Crippen molar-refractivity contribution in [3.63, 3.8) is 0 Å². The zero-order chi connectivity index (χ0) is 16.3. The number of carbonyl (C=O) groups excluding carboxylic acids is 1. The number of rotatable bonds is 3. The van der Waals surface area contributed by atoms with Crippen molar-refractivity contribution in [3.05, 3.63) is 29.8 Å². The number of amides is 1. The molecule has 2 aliphatic rings. The third-order valence-corrected chi connectivity index (χ3v) is 6.56. The highest BCUT2D eigenvalue weighted by atomic mass is 32.2. The van der Waals surface area contributed by atoms with Gasteiger partial charge in [0.2, 0.25) is 10.0 Å². The number of carbonyl (C=O) groups is 1. The summed E-state index contributed by atoms with van der Waals surface area (Å²) in [6.45, 7) is 0.496. The Hall–Kier alpha value is -1.56. The Kier molecular flexibility index (Phi) is 4.90. The molecule has 1 saturated carbocycles. The lowest BCUT2D eigenvalue weighted by atomic mass is 9.95. The van der Waals surface area contributed by atoms with Gasteiger partial charge >= 0.3 is 0 Å². The zero-order valence-corrected chi connectivity index (χ0v) is 14.1. The maximum absolute atomic E-state index is 12.4. The van der Waals surface area contributed by atoms with E-state index in [-0.39, 0.29) is 17.7 Å². The van der Waals surface area contributed by atoms with Gasteiger partial charge in [0.05, 0.1) is 11.4 Å². The topological polar surface area (TPSA) is 66.5 Å². The van der Waals surface area contributed by atoms with E-state index in [4.69, 9.17) is 0 Å². The highest BCUT2D eigenvalue weighted by Crippen LogP contribution is 2.24. The second-order valence-electron chi connectivity index (χ2n) is 6.45. The van der Waals surface area contributed by atoms with Crippen molar-refractivity contribution >= 4 is 21.6 Å². The minimum absolute atomic E-state index is 0.104. The van der Waals surface area contributed by atoms with Crippen LogP contribution in [0.2, 0.25) is 0 Å². The van der Waals surface area contributed by atoms with E-state index < -0.39 is 10.0 Å². The molecule has 0 atom stereocenters. The fraction of sp³-hybridized carbons (Fsp3) is 0.588. The molecule has 1 aliphatic heterocycles. The van der Waals surface area contributed by atoms with Gasteiger partial charge in [-0.1, -0.05) is 25.3 Å². The first-order valence-corrected chi connectivity index (χ1v) is 10.1. The van der Waals surface area contributed by atoms with E-state index >= 15 is 0 Å². The van der Waals surface area contributed by atoms with Gasteiger partial charge in [-0.2, -0.15) is 0 Å². The van der Waals surface area contributed by atoms with Crippen molar-refractivity contribution in [3.8, 4) is 0 Å². The van der Waals surface area contributed by atoms with Crippen LogP contribution in [0.5, 0.6) is 0 Å². The summed E-state index contributed by atoms with van der Waals surface area (Å²) in [6.07, 6.45) is 7.21. The molecule has 1 aromatic carbocycles. The highest BCUT2D eigenvalue weighted by molar-refractivity contribution is 7.92. The van der Waals surface area contributed by atoms with E-state index in [9.17, 15) is 13.2 Å². The van der Waals surface area contributed by atoms with Gasteiger partial charge in [0, 0.05) is 18.2 Å². The maximum Gasteiger partial charge on any atom is 0.251 e. The molecule has 1 heterocycles. The van der Waals surface area contributed by atoms with Crippen LogP contribution in [0.4, 0.5) is 5.69 Å². The van der Waals surface area contributed by atoms with Crippen molar-refractivity contribution < 1.29 is 13.2 Å². The summed E-state index contributed by atoms with van der Waals surface area (Å²) in [5.74, 6) is 0.0825. The smallest absolute Gasteiger partial charge is 0.251 e. The molecule has 1 aromatic rings. The number of anilines is 1. The fourth-order valence-corrected chi connectivity index (χ4v) is 5.03. The number of sulfonamides is 1. The second kappa shape index (κ2) is 6.91. The van der Waals surface area contributed by atoms with Crippen LogP contribution >= 0.6 is 0 Å². The first-order chi connectivity index (χ1) is 11.1. The Morgan fingerprint density at radius 3 is 2.61 bits per heavy atom. The van der Waals surface area contributed by atoms with Gasteiger partial charge in [-0.25, -0.2) is 8.42 Å². The molecular weight excluding hydrogens is 312 g/mol. The lowest BCUT2D eigenvalue weighted by Crippen LogP contribution is -2.38. The summed E-state index contributed by atoms with van der Waals surface area (Å²) in [6, 6.07) is 7.22. The Morgan fingerprint density at radius 2 is 1.87 bits per heavy atom. The molecule has 6 heteroatoms. The molecule has 0 aromatic heterocycles. The van der Waals surface area contributed by atoms with Crippen LogP contribution < -0.4 is 9.62 Å². The van der Waals surface area contributed by atoms with Crippen LogP contribution in [-0.2, 0) is 10.0 Å². The van der Waals surface area contributed by atoms with E-state index in [2.05, 4.69) is 5.32 Å². The van der Waals surface area contributed by atoms with Crippen molar-refractivity contribution in [2.24, 2.45) is 0 Å². The van der Waals surface area contributed by atoms with Crippen molar-refractivity contribution in [2.75, 3.05) is 16.6 Å². The number of hydrogen-bond donors (Lipinski definition) is 1. The summed E-state index contributed by atoms with van der Waals surface area (Å²) in [5.41, 5.74) is 1.13. The molecule has 0 radical (unpaired) electrons. The molecule has 0 spiro atoms. The van der Waals surface area contributed by atoms with Crippen LogP contribution in [0.15, 0.2) is 24.3 Å². The van der Waals surface area contributed by atoms with Crippen molar-refractivity contribution in [1.82, 2.24) is 5.32 Å². The minimum Gasteiger partial charge on any atom is -0.349 e. The standard InChI is InChI=1S/C17H24N2O3S/c20-17(18-15-8-2-1-3-9-15)14-7-6-10-16(13-14)19-11-4-5-12-23(19,21)22/h6-7,10,13,15H,1-5,8-9,11-12H2,(H,18,20). The van der Waals surface area contributed by atoms with E-state index in [0.717, 1.165) is 32.1 Å². The quantitative estimate of drug-likeness (QED) is 0.923. The Morgan fingerprint density at radius 1 is 1.09 bits per heavy atom. The molecule has 5 nitrogen and oxygen atoms in total. The predicted octanol–water partition coefficient (Wildman–Crippen LogP) is 2.68. The van der Waals surface area contributed by atoms with Gasteiger partial charge < -0.3 is 5.32 Å². The Balaban J connectivity index is 1.75. The highest BCUT2D eigenvalue weighted by Gasteiger charge is 2.26. The molecule has 1 aliphatic carbocycles. The molecule has 2 fully saturated rings. The molecule has 23 heavy (non-hydrogen) atoms. The first kappa shape index (κ1) is 16.3. The van der Waals surface area contributed by atoms with E-state index in [1.54, 1.807) is 24.3 Å². The molecule has 1 saturated heterocycles. The number of hydrogen-bond acceptors (Lipinski definition) is 3. The predicted molar refractivity (Wildman–Crippen MR) is 91.1 cm³/mol. The summed E-state index contributed by atoms with van der Waals surface area (Å²) in [7, 11) is -3.24. The van der Waals surface area contributed by atoms with Crippen LogP contribution in [0.25, 0.3) is 0 Å². The largest absolute Gasteiger partial charge is 0.349 e. The Bertz CT molecular complexity index is 666. The number of nitrogens with one attached hydrogen (secondary N) is 1. The normalized spacial score (nSPS) is 21.8. The van der Waals surface area contributed by atoms with E-state index in [0.29, 0.717) is 24.2 Å². The third-order valence-electron chi connectivity index (χ3n) is 4.69. The summed E-state index contributed by atoms with van der Waals surface area (Å²) >= 11 is 0. The third kappa shape index (κ3) is 3.86. The molecule has 0 bridgehead atoms. The lowest BCUT2D eigenvalue weighted by Gasteiger charge is -2.28. The van der Waals surface area contributed by atoms with Crippen molar-refractivity contribution in [2.45, 2.75) is 51.0 Å². The van der Waals surface area contributed by atoms with Gasteiger partial charge in [0.15, 0.2) is 0 Å². The molecule has 3 rings (SSSR count). The van der Waals surface area contributed by atoms with Gasteiger partial charge in [-0.3, -0.25) is 9.10 Å². The van der Waals surface area contributed by atoms with E-state index in [1.165, 1.54) is 10.7 Å². The SMILES string of the molecule is O=C(NC1CCCCC1)c1cccc(N2CCCCS2(=O)=O)c1. The number of benzene rings is 1. The zero-order valence-electron chi connectivity index (χ0n) is 13.3. The van der Waals surface area contributed by atoms with Gasteiger partial charge in [-0.15, -0.1) is 0 Å². The summed E-state index contributed by atoms with van der Waals surface area (Å²) < 4.78 is 25.8. The molecule has 1 N–H and O–H groups in total. The monoisotopic (exact) mass is 336 g/mol. The Labute approximate surface area is 138 Å². The molecule has 1 amide bonds. The van der Waals surface area contributed by atoms with Crippen LogP contribution in [-0.4, -0.2) is 32.7 Å². The maximum atomic E-state index is 12.4. The minimum atomic E-state index is -3.24. The average molecular weight is 336 g/mol. The fourth-order valence-electron chi connectivity index (χ4n) is 3.40. The van der Waals surface area contributed by atoms with Crippen LogP contribution in [0.1, 0.15) is 55.3 Å². The van der Waals surface area contributed by atoms with Gasteiger partial charge in [-0.05, 0) is 43.9 Å². The van der Waals surface area contributed by atoms with Crippen LogP contribution in [0.3, 0.4) is 0 Å². The van der Waals surface area contributed by atoms with E-state index in [1.807, 2.05) is 0 Å². The van der Waals surface area contributed by atoms with Gasteiger partial charge in [0.1, 0.15) is 0 Å².